The maximum absolute atomic E-state index is 13.3. The molecule has 18 heavy (non-hydrogen) atoms. The zero-order chi connectivity index (χ0) is 13.0. The Balaban J connectivity index is 1.99. The summed E-state index contributed by atoms with van der Waals surface area (Å²) in [7, 11) is 0. The van der Waals surface area contributed by atoms with Crippen LogP contribution in [0.2, 0.25) is 0 Å². The molecule has 3 nitrogen and oxygen atoms in total. The molecule has 96 valence electrons. The predicted molar refractivity (Wildman–Crippen MR) is 63.2 cm³/mol. The monoisotopic (exact) mass is 252 g/mol. The van der Waals surface area contributed by atoms with Crippen molar-refractivity contribution in [2.75, 3.05) is 0 Å². The minimum atomic E-state index is -0.475. The Kier molecular flexibility index (Phi) is 3.92. The van der Waals surface area contributed by atoms with Crippen molar-refractivity contribution in [1.29, 1.82) is 0 Å². The maximum atomic E-state index is 13.3. The highest BCUT2D eigenvalue weighted by Crippen LogP contribution is 2.14. The molecule has 2 aromatic rings. The molecular weight excluding hydrogens is 238 g/mol. The fourth-order valence-electron chi connectivity index (χ4n) is 1.59. The van der Waals surface area contributed by atoms with Crippen LogP contribution in [0.4, 0.5) is 8.78 Å². The van der Waals surface area contributed by atoms with Gasteiger partial charge in [-0.2, -0.15) is 5.10 Å². The van der Waals surface area contributed by atoms with Gasteiger partial charge in [0.25, 0.3) is 0 Å². The number of nitrogens with zero attached hydrogens (tertiary/aromatic N) is 2. The fraction of sp³-hybridized carbons (Fsp3) is 0.308. The average Bonchev–Trinajstić information content (AvgIpc) is 2.79. The lowest BCUT2D eigenvalue weighted by atomic mass is 10.2. The van der Waals surface area contributed by atoms with Gasteiger partial charge in [0.1, 0.15) is 18.2 Å². The van der Waals surface area contributed by atoms with E-state index in [4.69, 9.17) is 4.74 Å². The fourth-order valence-corrected chi connectivity index (χ4v) is 1.59. The van der Waals surface area contributed by atoms with Crippen molar-refractivity contribution in [3.8, 4) is 5.75 Å². The first kappa shape index (κ1) is 12.5. The first-order valence-electron chi connectivity index (χ1n) is 5.78. The number of hydrogen-bond donors (Lipinski definition) is 0. The smallest absolute Gasteiger partial charge is 0.157 e. The van der Waals surface area contributed by atoms with Crippen LogP contribution in [0.1, 0.15) is 18.9 Å². The Labute approximate surface area is 104 Å². The number of ether oxygens (including phenoxy) is 1. The van der Waals surface area contributed by atoms with Gasteiger partial charge in [0.05, 0.1) is 12.4 Å². The van der Waals surface area contributed by atoms with Gasteiger partial charge in [-0.05, 0) is 24.6 Å². The molecule has 0 atom stereocenters. The summed E-state index contributed by atoms with van der Waals surface area (Å²) < 4.78 is 33.4. The minimum absolute atomic E-state index is 0.0125. The summed E-state index contributed by atoms with van der Waals surface area (Å²) in [5.41, 5.74) is 0.193. The molecule has 0 aliphatic rings. The summed E-state index contributed by atoms with van der Waals surface area (Å²) in [6.45, 7) is 2.84. The molecule has 0 N–H and O–H groups in total. The van der Waals surface area contributed by atoms with E-state index in [2.05, 4.69) is 5.10 Å². The van der Waals surface area contributed by atoms with Gasteiger partial charge in [-0.15, -0.1) is 0 Å². The molecule has 0 unspecified atom stereocenters. The third-order valence-electron chi connectivity index (χ3n) is 2.46. The number of hydrogen-bond acceptors (Lipinski definition) is 2. The largest absolute Gasteiger partial charge is 0.486 e. The second kappa shape index (κ2) is 5.62. The normalized spacial score (nSPS) is 10.6. The highest BCUT2D eigenvalue weighted by Gasteiger charge is 2.06. The van der Waals surface area contributed by atoms with E-state index in [0.29, 0.717) is 5.75 Å². The van der Waals surface area contributed by atoms with E-state index < -0.39 is 11.6 Å². The highest BCUT2D eigenvalue weighted by molar-refractivity contribution is 5.19. The molecule has 5 heteroatoms. The molecule has 0 bridgehead atoms. The first-order chi connectivity index (χ1) is 8.69. The van der Waals surface area contributed by atoms with Gasteiger partial charge in [-0.1, -0.05) is 6.92 Å². The third-order valence-corrected chi connectivity index (χ3v) is 2.46. The van der Waals surface area contributed by atoms with Crippen molar-refractivity contribution < 1.29 is 13.5 Å². The van der Waals surface area contributed by atoms with Crippen molar-refractivity contribution >= 4 is 0 Å². The standard InChI is InChI=1S/C13H14F2N2O/c1-2-5-17-8-12(7-16-17)18-9-10-6-11(14)3-4-13(10)15/h3-4,6-8H,2,5,9H2,1H3. The average molecular weight is 252 g/mol. The van der Waals surface area contributed by atoms with Crippen molar-refractivity contribution in [3.05, 3.63) is 47.8 Å². The van der Waals surface area contributed by atoms with E-state index in [0.717, 1.165) is 31.2 Å². The second-order valence-corrected chi connectivity index (χ2v) is 3.96. The van der Waals surface area contributed by atoms with Crippen LogP contribution in [0.25, 0.3) is 0 Å². The van der Waals surface area contributed by atoms with E-state index in [-0.39, 0.29) is 12.2 Å². The van der Waals surface area contributed by atoms with E-state index >= 15 is 0 Å². The lowest BCUT2D eigenvalue weighted by Gasteiger charge is -2.04. The molecule has 0 saturated carbocycles. The quantitative estimate of drug-likeness (QED) is 0.817. The van der Waals surface area contributed by atoms with E-state index in [1.165, 1.54) is 0 Å². The van der Waals surface area contributed by atoms with Crippen LogP contribution in [0, 0.1) is 11.6 Å². The van der Waals surface area contributed by atoms with Gasteiger partial charge in [0.2, 0.25) is 0 Å². The summed E-state index contributed by atoms with van der Waals surface area (Å²) in [4.78, 5) is 0. The summed E-state index contributed by atoms with van der Waals surface area (Å²) in [6.07, 6.45) is 4.27. The van der Waals surface area contributed by atoms with E-state index in [9.17, 15) is 8.78 Å². The van der Waals surface area contributed by atoms with Gasteiger partial charge in [-0.25, -0.2) is 8.78 Å². The molecule has 0 amide bonds. The molecule has 0 aliphatic carbocycles. The molecule has 1 aromatic carbocycles. The molecule has 1 aromatic heterocycles. The Bertz CT molecular complexity index is 525. The third kappa shape index (κ3) is 3.06. The van der Waals surface area contributed by atoms with E-state index in [1.807, 2.05) is 6.92 Å². The highest BCUT2D eigenvalue weighted by atomic mass is 19.1. The Hall–Kier alpha value is -1.91. The molecule has 0 spiro atoms. The molecule has 2 rings (SSSR count). The summed E-state index contributed by atoms with van der Waals surface area (Å²) in [6, 6.07) is 3.30. The number of aromatic nitrogens is 2. The number of aryl methyl sites for hydroxylation is 1. The number of benzene rings is 1. The van der Waals surface area contributed by atoms with Crippen LogP contribution in [-0.4, -0.2) is 9.78 Å². The van der Waals surface area contributed by atoms with Crippen molar-refractivity contribution in [3.63, 3.8) is 0 Å². The van der Waals surface area contributed by atoms with Crippen LogP contribution >= 0.6 is 0 Å². The van der Waals surface area contributed by atoms with Gasteiger partial charge < -0.3 is 4.74 Å². The summed E-state index contributed by atoms with van der Waals surface area (Å²) >= 11 is 0. The van der Waals surface area contributed by atoms with Gasteiger partial charge >= 0.3 is 0 Å². The lowest BCUT2D eigenvalue weighted by molar-refractivity contribution is 0.298. The Morgan fingerprint density at radius 3 is 2.94 bits per heavy atom. The van der Waals surface area contributed by atoms with Crippen LogP contribution in [-0.2, 0) is 13.2 Å². The molecule has 0 radical (unpaired) electrons. The molecule has 0 aliphatic heterocycles. The van der Waals surface area contributed by atoms with Crippen molar-refractivity contribution in [2.24, 2.45) is 0 Å². The zero-order valence-electron chi connectivity index (χ0n) is 10.1. The SMILES string of the molecule is CCCn1cc(OCc2cc(F)ccc2F)cn1. The van der Waals surface area contributed by atoms with Crippen LogP contribution in [0.3, 0.4) is 0 Å². The predicted octanol–water partition coefficient (Wildman–Crippen LogP) is 3.15. The second-order valence-electron chi connectivity index (χ2n) is 3.96. The molecule has 1 heterocycles. The Morgan fingerprint density at radius 2 is 2.17 bits per heavy atom. The first-order valence-corrected chi connectivity index (χ1v) is 5.78. The van der Waals surface area contributed by atoms with Gasteiger partial charge in [-0.3, -0.25) is 4.68 Å². The van der Waals surface area contributed by atoms with Crippen LogP contribution < -0.4 is 4.74 Å². The van der Waals surface area contributed by atoms with Crippen molar-refractivity contribution in [1.82, 2.24) is 9.78 Å². The van der Waals surface area contributed by atoms with Gasteiger partial charge in [0, 0.05) is 12.1 Å². The summed E-state index contributed by atoms with van der Waals surface area (Å²) in [5, 5.41) is 4.08. The van der Waals surface area contributed by atoms with Crippen LogP contribution in [0.15, 0.2) is 30.6 Å². The minimum Gasteiger partial charge on any atom is -0.486 e. The molecule has 0 saturated heterocycles. The zero-order valence-corrected chi connectivity index (χ0v) is 10.1. The number of halogens is 2. The maximum Gasteiger partial charge on any atom is 0.157 e. The number of rotatable bonds is 5. The summed E-state index contributed by atoms with van der Waals surface area (Å²) in [5.74, 6) is -0.402. The van der Waals surface area contributed by atoms with Gasteiger partial charge in [0.15, 0.2) is 5.75 Å². The molecule has 0 fully saturated rings. The lowest BCUT2D eigenvalue weighted by Crippen LogP contribution is -1.99. The molecular formula is C13H14F2N2O. The van der Waals surface area contributed by atoms with Crippen molar-refractivity contribution in [2.45, 2.75) is 26.5 Å². The van der Waals surface area contributed by atoms with Crippen LogP contribution in [0.5, 0.6) is 5.75 Å². The Morgan fingerprint density at radius 1 is 1.33 bits per heavy atom. The van der Waals surface area contributed by atoms with E-state index in [1.54, 1.807) is 17.1 Å². The topological polar surface area (TPSA) is 27.1 Å².